The van der Waals surface area contributed by atoms with Gasteiger partial charge in [-0.15, -0.1) is 0 Å². The summed E-state index contributed by atoms with van der Waals surface area (Å²) in [6.07, 6.45) is 3.89. The molecule has 0 atom stereocenters. The Labute approximate surface area is 194 Å². The lowest BCUT2D eigenvalue weighted by Gasteiger charge is -2.35. The third-order valence-corrected chi connectivity index (χ3v) is 8.80. The average molecular weight is 484 g/mol. The second-order valence-electron chi connectivity index (χ2n) is 8.61. The van der Waals surface area contributed by atoms with E-state index >= 15 is 0 Å². The molecule has 0 aliphatic carbocycles. The molecule has 0 saturated carbocycles. The van der Waals surface area contributed by atoms with E-state index in [0.717, 1.165) is 19.3 Å². The molecule has 10 heteroatoms. The molecule has 0 radical (unpaired) electrons. The smallest absolute Gasteiger partial charge is 0.255 e. The largest absolute Gasteiger partial charge is 0.378 e. The van der Waals surface area contributed by atoms with Crippen LogP contribution >= 0.6 is 11.6 Å². The van der Waals surface area contributed by atoms with Crippen molar-refractivity contribution < 1.29 is 22.7 Å². The SMILES string of the molecule is O=C(c1cc(S(=O)(=O)N2CCCCC2)ccc1Cl)N1CCC(C(=O)N2CCOCC2)CC1. The summed E-state index contributed by atoms with van der Waals surface area (Å²) in [7, 11) is -3.65. The Morgan fingerprint density at radius 1 is 0.906 bits per heavy atom. The Morgan fingerprint density at radius 3 is 2.22 bits per heavy atom. The van der Waals surface area contributed by atoms with Crippen molar-refractivity contribution in [3.8, 4) is 0 Å². The third kappa shape index (κ3) is 4.95. The number of morpholine rings is 1. The van der Waals surface area contributed by atoms with Gasteiger partial charge in [-0.05, 0) is 43.9 Å². The predicted molar refractivity (Wildman–Crippen MR) is 120 cm³/mol. The average Bonchev–Trinajstić information content (AvgIpc) is 2.84. The fourth-order valence-corrected chi connectivity index (χ4v) is 6.37. The molecule has 8 nitrogen and oxygen atoms in total. The summed E-state index contributed by atoms with van der Waals surface area (Å²) in [5.74, 6) is -0.255. The van der Waals surface area contributed by atoms with Crippen LogP contribution in [-0.4, -0.2) is 86.8 Å². The number of piperidine rings is 2. The quantitative estimate of drug-likeness (QED) is 0.655. The van der Waals surface area contributed by atoms with E-state index in [1.54, 1.807) is 4.90 Å². The fourth-order valence-electron chi connectivity index (χ4n) is 4.62. The highest BCUT2D eigenvalue weighted by molar-refractivity contribution is 7.89. The molecule has 3 aliphatic rings. The number of benzene rings is 1. The molecule has 3 saturated heterocycles. The summed E-state index contributed by atoms with van der Waals surface area (Å²) in [5.41, 5.74) is 0.197. The van der Waals surface area contributed by atoms with Crippen LogP contribution in [0.25, 0.3) is 0 Å². The number of hydrogen-bond acceptors (Lipinski definition) is 5. The van der Waals surface area contributed by atoms with Crippen LogP contribution < -0.4 is 0 Å². The molecule has 0 aromatic heterocycles. The van der Waals surface area contributed by atoms with Crippen LogP contribution in [0.2, 0.25) is 5.02 Å². The maximum absolute atomic E-state index is 13.2. The molecule has 32 heavy (non-hydrogen) atoms. The van der Waals surface area contributed by atoms with Gasteiger partial charge in [-0.2, -0.15) is 4.31 Å². The van der Waals surface area contributed by atoms with Gasteiger partial charge >= 0.3 is 0 Å². The van der Waals surface area contributed by atoms with Crippen LogP contribution in [0, 0.1) is 5.92 Å². The zero-order valence-corrected chi connectivity index (χ0v) is 19.7. The van der Waals surface area contributed by atoms with E-state index in [0.29, 0.717) is 65.3 Å². The second kappa shape index (κ2) is 10.1. The van der Waals surface area contributed by atoms with Crippen LogP contribution in [-0.2, 0) is 19.6 Å². The minimum atomic E-state index is -3.65. The number of carbonyl (C=O) groups is 2. The van der Waals surface area contributed by atoms with E-state index in [9.17, 15) is 18.0 Å². The predicted octanol–water partition coefficient (Wildman–Crippen LogP) is 2.23. The van der Waals surface area contributed by atoms with E-state index in [1.807, 2.05) is 4.90 Å². The van der Waals surface area contributed by atoms with Crippen molar-refractivity contribution in [2.45, 2.75) is 37.0 Å². The summed E-state index contributed by atoms with van der Waals surface area (Å²) in [6, 6.07) is 4.36. The number of carbonyl (C=O) groups excluding carboxylic acids is 2. The van der Waals surface area contributed by atoms with E-state index < -0.39 is 10.0 Å². The first-order chi connectivity index (χ1) is 15.4. The molecule has 0 spiro atoms. The van der Waals surface area contributed by atoms with Gasteiger partial charge in [0.1, 0.15) is 0 Å². The van der Waals surface area contributed by atoms with Crippen LogP contribution in [0.15, 0.2) is 23.1 Å². The van der Waals surface area contributed by atoms with Gasteiger partial charge in [0.25, 0.3) is 5.91 Å². The van der Waals surface area contributed by atoms with Gasteiger partial charge in [-0.25, -0.2) is 8.42 Å². The highest BCUT2D eigenvalue weighted by atomic mass is 35.5. The summed E-state index contributed by atoms with van der Waals surface area (Å²) in [5, 5.41) is 0.235. The van der Waals surface area contributed by atoms with Gasteiger partial charge in [0.15, 0.2) is 0 Å². The fraction of sp³-hybridized carbons (Fsp3) is 0.636. The molecule has 0 unspecified atom stereocenters. The van der Waals surface area contributed by atoms with Gasteiger partial charge in [0.05, 0.1) is 28.7 Å². The molecular formula is C22H30ClN3O5S. The normalized spacial score (nSPS) is 21.5. The van der Waals surface area contributed by atoms with E-state index in [1.165, 1.54) is 22.5 Å². The van der Waals surface area contributed by atoms with Crippen molar-refractivity contribution in [3.05, 3.63) is 28.8 Å². The number of hydrogen-bond donors (Lipinski definition) is 0. The van der Waals surface area contributed by atoms with Crippen molar-refractivity contribution in [1.29, 1.82) is 0 Å². The Kier molecular flexibility index (Phi) is 7.39. The first-order valence-corrected chi connectivity index (χ1v) is 13.2. The number of halogens is 1. The van der Waals surface area contributed by atoms with Gasteiger partial charge in [-0.1, -0.05) is 18.0 Å². The standard InChI is InChI=1S/C22H30ClN3O5S/c23-20-5-4-18(32(29,30)26-8-2-1-3-9-26)16-19(20)22(28)24-10-6-17(7-11-24)21(27)25-12-14-31-15-13-25/h4-5,16-17H,1-3,6-15H2. The van der Waals surface area contributed by atoms with Crippen molar-refractivity contribution in [2.24, 2.45) is 5.92 Å². The van der Waals surface area contributed by atoms with Crippen molar-refractivity contribution in [1.82, 2.24) is 14.1 Å². The molecule has 0 N–H and O–H groups in total. The molecule has 1 aromatic carbocycles. The van der Waals surface area contributed by atoms with Crippen LogP contribution in [0.3, 0.4) is 0 Å². The molecule has 3 heterocycles. The Bertz CT molecular complexity index is 950. The molecule has 1 aromatic rings. The maximum atomic E-state index is 13.2. The summed E-state index contributed by atoms with van der Waals surface area (Å²) < 4.78 is 32.8. The number of ether oxygens (including phenoxy) is 1. The maximum Gasteiger partial charge on any atom is 0.255 e. The second-order valence-corrected chi connectivity index (χ2v) is 11.0. The van der Waals surface area contributed by atoms with Gasteiger partial charge < -0.3 is 14.5 Å². The first-order valence-electron chi connectivity index (χ1n) is 11.3. The number of rotatable bonds is 4. The number of sulfonamides is 1. The molecule has 176 valence electrons. The summed E-state index contributed by atoms with van der Waals surface area (Å²) in [4.78, 5) is 29.5. The lowest BCUT2D eigenvalue weighted by Crippen LogP contribution is -2.47. The molecule has 0 bridgehead atoms. The molecular weight excluding hydrogens is 454 g/mol. The lowest BCUT2D eigenvalue weighted by molar-refractivity contribution is -0.141. The molecule has 3 aliphatic heterocycles. The van der Waals surface area contributed by atoms with Gasteiger partial charge in [0, 0.05) is 45.2 Å². The highest BCUT2D eigenvalue weighted by Crippen LogP contribution is 2.28. The van der Waals surface area contributed by atoms with Crippen molar-refractivity contribution in [3.63, 3.8) is 0 Å². The number of likely N-dealkylation sites (tertiary alicyclic amines) is 1. The summed E-state index contributed by atoms with van der Waals surface area (Å²) in [6.45, 7) is 4.25. The highest BCUT2D eigenvalue weighted by Gasteiger charge is 2.33. The Morgan fingerprint density at radius 2 is 1.56 bits per heavy atom. The minimum Gasteiger partial charge on any atom is -0.378 e. The van der Waals surface area contributed by atoms with Crippen LogP contribution in [0.5, 0.6) is 0 Å². The van der Waals surface area contributed by atoms with Crippen molar-refractivity contribution in [2.75, 3.05) is 52.5 Å². The van der Waals surface area contributed by atoms with E-state index in [-0.39, 0.29) is 33.2 Å². The van der Waals surface area contributed by atoms with Gasteiger partial charge in [0.2, 0.25) is 15.9 Å². The van der Waals surface area contributed by atoms with Crippen LogP contribution in [0.4, 0.5) is 0 Å². The third-order valence-electron chi connectivity index (χ3n) is 6.58. The first kappa shape index (κ1) is 23.5. The molecule has 4 rings (SSSR count). The minimum absolute atomic E-state index is 0.0987. The van der Waals surface area contributed by atoms with E-state index in [2.05, 4.69) is 0 Å². The zero-order chi connectivity index (χ0) is 22.7. The topological polar surface area (TPSA) is 87.2 Å². The zero-order valence-electron chi connectivity index (χ0n) is 18.2. The number of amides is 2. The van der Waals surface area contributed by atoms with Crippen molar-refractivity contribution >= 4 is 33.4 Å². The lowest BCUT2D eigenvalue weighted by atomic mass is 9.94. The Balaban J connectivity index is 1.43. The van der Waals surface area contributed by atoms with E-state index in [4.69, 9.17) is 16.3 Å². The van der Waals surface area contributed by atoms with Crippen LogP contribution in [0.1, 0.15) is 42.5 Å². The Hall–Kier alpha value is -1.68. The monoisotopic (exact) mass is 483 g/mol. The molecule has 2 amide bonds. The molecule has 3 fully saturated rings. The number of nitrogens with zero attached hydrogens (tertiary/aromatic N) is 3. The summed E-state index contributed by atoms with van der Waals surface area (Å²) >= 11 is 6.30. The van der Waals surface area contributed by atoms with Gasteiger partial charge in [-0.3, -0.25) is 9.59 Å².